The SMILES string of the molecule is Cc1cc(C)c2c(c1)N(C)C(=C=O)CC2. The largest absolute Gasteiger partial charge is 0.339 e. The minimum atomic E-state index is 0.757. The lowest BCUT2D eigenvalue weighted by molar-refractivity contribution is 0.564. The molecule has 1 aliphatic heterocycles. The zero-order valence-corrected chi connectivity index (χ0v) is 9.42. The van der Waals surface area contributed by atoms with E-state index in [1.807, 2.05) is 17.9 Å². The van der Waals surface area contributed by atoms with E-state index in [1.54, 1.807) is 0 Å². The van der Waals surface area contributed by atoms with Gasteiger partial charge in [-0.05, 0) is 43.0 Å². The molecule has 0 aliphatic carbocycles. The number of hydrogen-bond donors (Lipinski definition) is 0. The van der Waals surface area contributed by atoms with Gasteiger partial charge in [0, 0.05) is 19.2 Å². The average molecular weight is 201 g/mol. The number of carbonyl (C=O) groups excluding carboxylic acids is 1. The molecule has 78 valence electrons. The van der Waals surface area contributed by atoms with Crippen LogP contribution in [0, 0.1) is 13.8 Å². The van der Waals surface area contributed by atoms with Gasteiger partial charge in [0.25, 0.3) is 0 Å². The van der Waals surface area contributed by atoms with E-state index in [9.17, 15) is 4.79 Å². The van der Waals surface area contributed by atoms with Gasteiger partial charge in [-0.2, -0.15) is 0 Å². The van der Waals surface area contributed by atoms with E-state index in [1.165, 1.54) is 16.7 Å². The summed E-state index contributed by atoms with van der Waals surface area (Å²) in [5.41, 5.74) is 5.85. The fourth-order valence-electron chi connectivity index (χ4n) is 2.28. The Bertz CT molecular complexity index is 456. The molecule has 1 aromatic carbocycles. The van der Waals surface area contributed by atoms with Crippen molar-refractivity contribution in [2.75, 3.05) is 11.9 Å². The monoisotopic (exact) mass is 201 g/mol. The highest BCUT2D eigenvalue weighted by atomic mass is 16.1. The second-order valence-corrected chi connectivity index (χ2v) is 4.19. The second kappa shape index (κ2) is 3.56. The third-order valence-corrected chi connectivity index (χ3v) is 3.09. The Labute approximate surface area is 90.2 Å². The summed E-state index contributed by atoms with van der Waals surface area (Å²) in [7, 11) is 1.94. The van der Waals surface area contributed by atoms with Gasteiger partial charge in [0.05, 0.1) is 0 Å². The fraction of sp³-hybridized carbons (Fsp3) is 0.385. The lowest BCUT2D eigenvalue weighted by atomic mass is 9.94. The van der Waals surface area contributed by atoms with Crippen LogP contribution in [0.15, 0.2) is 17.8 Å². The van der Waals surface area contributed by atoms with Crippen molar-refractivity contribution < 1.29 is 4.79 Å². The molecule has 15 heavy (non-hydrogen) atoms. The molecule has 0 fully saturated rings. The molecule has 0 saturated carbocycles. The Morgan fingerprint density at radius 3 is 2.67 bits per heavy atom. The van der Waals surface area contributed by atoms with Crippen LogP contribution in [0.4, 0.5) is 5.69 Å². The molecule has 2 rings (SSSR count). The normalized spacial score (nSPS) is 14.9. The molecule has 0 N–H and O–H groups in total. The number of fused-ring (bicyclic) bond motifs is 1. The van der Waals surface area contributed by atoms with Crippen molar-refractivity contribution in [3.63, 3.8) is 0 Å². The van der Waals surface area contributed by atoms with Crippen LogP contribution < -0.4 is 4.90 Å². The quantitative estimate of drug-likeness (QED) is 0.601. The molecule has 1 aliphatic rings. The summed E-state index contributed by atoms with van der Waals surface area (Å²) in [6.45, 7) is 4.22. The first-order chi connectivity index (χ1) is 7.13. The van der Waals surface area contributed by atoms with Gasteiger partial charge in [-0.3, -0.25) is 0 Å². The Morgan fingerprint density at radius 2 is 2.00 bits per heavy atom. The van der Waals surface area contributed by atoms with Crippen LogP contribution in [-0.4, -0.2) is 13.0 Å². The predicted molar refractivity (Wildman–Crippen MR) is 61.8 cm³/mol. The Balaban J connectivity index is 2.61. The molecule has 0 bridgehead atoms. The molecule has 0 unspecified atom stereocenters. The lowest BCUT2D eigenvalue weighted by Gasteiger charge is -2.29. The molecular weight excluding hydrogens is 186 g/mol. The summed E-state index contributed by atoms with van der Waals surface area (Å²) in [6.07, 6.45) is 1.76. The topological polar surface area (TPSA) is 20.3 Å². The van der Waals surface area contributed by atoms with Crippen molar-refractivity contribution in [1.82, 2.24) is 0 Å². The summed E-state index contributed by atoms with van der Waals surface area (Å²) in [5.74, 6) is 2.03. The van der Waals surface area contributed by atoms with Crippen LogP contribution in [-0.2, 0) is 11.2 Å². The van der Waals surface area contributed by atoms with E-state index in [-0.39, 0.29) is 0 Å². The van der Waals surface area contributed by atoms with Gasteiger partial charge >= 0.3 is 0 Å². The maximum atomic E-state index is 10.7. The highest BCUT2D eigenvalue weighted by Gasteiger charge is 2.20. The van der Waals surface area contributed by atoms with Gasteiger partial charge in [-0.1, -0.05) is 6.07 Å². The summed E-state index contributed by atoms with van der Waals surface area (Å²) >= 11 is 0. The number of allylic oxidation sites excluding steroid dienone is 1. The van der Waals surface area contributed by atoms with Gasteiger partial charge in [0.1, 0.15) is 11.6 Å². The van der Waals surface area contributed by atoms with E-state index in [0.29, 0.717) is 0 Å². The summed E-state index contributed by atoms with van der Waals surface area (Å²) in [6, 6.07) is 4.33. The third kappa shape index (κ3) is 1.57. The zero-order chi connectivity index (χ0) is 11.0. The maximum Gasteiger partial charge on any atom is 0.146 e. The Hall–Kier alpha value is -1.53. The molecule has 0 amide bonds. The van der Waals surface area contributed by atoms with Crippen molar-refractivity contribution in [1.29, 1.82) is 0 Å². The first-order valence-corrected chi connectivity index (χ1v) is 5.21. The van der Waals surface area contributed by atoms with Crippen molar-refractivity contribution in [3.05, 3.63) is 34.5 Å². The summed E-state index contributed by atoms with van der Waals surface area (Å²) in [4.78, 5) is 12.7. The number of rotatable bonds is 0. The zero-order valence-electron chi connectivity index (χ0n) is 9.42. The van der Waals surface area contributed by atoms with Gasteiger partial charge in [-0.25, -0.2) is 4.79 Å². The minimum Gasteiger partial charge on any atom is -0.339 e. The molecule has 0 saturated heterocycles. The first-order valence-electron chi connectivity index (χ1n) is 5.21. The molecule has 0 atom stereocenters. The van der Waals surface area contributed by atoms with Gasteiger partial charge in [-0.15, -0.1) is 0 Å². The van der Waals surface area contributed by atoms with E-state index < -0.39 is 0 Å². The van der Waals surface area contributed by atoms with E-state index in [4.69, 9.17) is 0 Å². The Morgan fingerprint density at radius 1 is 1.27 bits per heavy atom. The van der Waals surface area contributed by atoms with Crippen LogP contribution in [0.2, 0.25) is 0 Å². The smallest absolute Gasteiger partial charge is 0.146 e. The van der Waals surface area contributed by atoms with Crippen molar-refractivity contribution in [2.24, 2.45) is 0 Å². The van der Waals surface area contributed by atoms with E-state index in [2.05, 4.69) is 26.0 Å². The number of aryl methyl sites for hydroxylation is 2. The van der Waals surface area contributed by atoms with Crippen molar-refractivity contribution in [3.8, 4) is 0 Å². The number of anilines is 1. The van der Waals surface area contributed by atoms with Gasteiger partial charge in [0.15, 0.2) is 0 Å². The molecule has 0 aromatic heterocycles. The standard InChI is InChI=1S/C13H15NO/c1-9-6-10(2)12-5-4-11(8-15)14(3)13(12)7-9/h6-7H,4-5H2,1-3H3. The second-order valence-electron chi connectivity index (χ2n) is 4.19. The van der Waals surface area contributed by atoms with E-state index in [0.717, 1.165) is 24.2 Å². The molecule has 0 spiro atoms. The van der Waals surface area contributed by atoms with Crippen LogP contribution in [0.25, 0.3) is 0 Å². The van der Waals surface area contributed by atoms with Crippen LogP contribution in [0.5, 0.6) is 0 Å². The lowest BCUT2D eigenvalue weighted by Crippen LogP contribution is -2.24. The van der Waals surface area contributed by atoms with Crippen LogP contribution in [0.1, 0.15) is 23.1 Å². The fourth-order valence-corrected chi connectivity index (χ4v) is 2.28. The van der Waals surface area contributed by atoms with E-state index >= 15 is 0 Å². The maximum absolute atomic E-state index is 10.7. The highest BCUT2D eigenvalue weighted by Crippen LogP contribution is 2.33. The van der Waals surface area contributed by atoms with Crippen LogP contribution >= 0.6 is 0 Å². The molecule has 2 heteroatoms. The van der Waals surface area contributed by atoms with Gasteiger partial charge < -0.3 is 4.90 Å². The first kappa shape index (κ1) is 10.0. The molecule has 0 radical (unpaired) electrons. The van der Waals surface area contributed by atoms with Crippen molar-refractivity contribution in [2.45, 2.75) is 26.7 Å². The Kier molecular flexibility index (Phi) is 2.37. The molecule has 2 nitrogen and oxygen atoms in total. The molecular formula is C13H15NO. The highest BCUT2D eigenvalue weighted by molar-refractivity contribution is 5.70. The summed E-state index contributed by atoms with van der Waals surface area (Å²) in [5, 5.41) is 0. The predicted octanol–water partition coefficient (Wildman–Crippen LogP) is 2.40. The number of nitrogens with zero attached hydrogens (tertiary/aromatic N) is 1. The average Bonchev–Trinajstić information content (AvgIpc) is 2.19. The number of hydrogen-bond acceptors (Lipinski definition) is 2. The molecule has 1 heterocycles. The molecule has 1 aromatic rings. The third-order valence-electron chi connectivity index (χ3n) is 3.09. The van der Waals surface area contributed by atoms with Crippen LogP contribution in [0.3, 0.4) is 0 Å². The van der Waals surface area contributed by atoms with Crippen molar-refractivity contribution >= 4 is 11.6 Å². The minimum absolute atomic E-state index is 0.757. The summed E-state index contributed by atoms with van der Waals surface area (Å²) < 4.78 is 0. The number of benzene rings is 1. The van der Waals surface area contributed by atoms with Gasteiger partial charge in [0.2, 0.25) is 0 Å².